The SMILES string of the molecule is Cc1ccc2c(c1)C(=N)NC2O. The van der Waals surface area contributed by atoms with Gasteiger partial charge in [-0.3, -0.25) is 5.41 Å². The smallest absolute Gasteiger partial charge is 0.152 e. The van der Waals surface area contributed by atoms with Gasteiger partial charge in [-0.2, -0.15) is 0 Å². The van der Waals surface area contributed by atoms with Crippen LogP contribution in [0.2, 0.25) is 0 Å². The van der Waals surface area contributed by atoms with Gasteiger partial charge in [-0.1, -0.05) is 17.7 Å². The van der Waals surface area contributed by atoms with E-state index in [2.05, 4.69) is 5.32 Å². The lowest BCUT2D eigenvalue weighted by Crippen LogP contribution is -2.18. The molecule has 0 saturated carbocycles. The molecule has 0 fully saturated rings. The van der Waals surface area contributed by atoms with E-state index < -0.39 is 6.23 Å². The fourth-order valence-corrected chi connectivity index (χ4v) is 1.42. The Morgan fingerprint density at radius 1 is 1.50 bits per heavy atom. The summed E-state index contributed by atoms with van der Waals surface area (Å²) >= 11 is 0. The summed E-state index contributed by atoms with van der Waals surface area (Å²) < 4.78 is 0. The van der Waals surface area contributed by atoms with Gasteiger partial charge >= 0.3 is 0 Å². The summed E-state index contributed by atoms with van der Waals surface area (Å²) in [5.74, 6) is 0.307. The zero-order valence-electron chi connectivity index (χ0n) is 6.76. The molecule has 62 valence electrons. The fourth-order valence-electron chi connectivity index (χ4n) is 1.42. The number of rotatable bonds is 0. The number of fused-ring (bicyclic) bond motifs is 1. The molecule has 3 nitrogen and oxygen atoms in total. The van der Waals surface area contributed by atoms with E-state index in [0.29, 0.717) is 5.84 Å². The summed E-state index contributed by atoms with van der Waals surface area (Å²) in [5.41, 5.74) is 2.71. The molecule has 0 aliphatic carbocycles. The van der Waals surface area contributed by atoms with E-state index in [1.165, 1.54) is 0 Å². The van der Waals surface area contributed by atoms with Crippen molar-refractivity contribution in [2.24, 2.45) is 0 Å². The highest BCUT2D eigenvalue weighted by Gasteiger charge is 2.23. The van der Waals surface area contributed by atoms with Crippen LogP contribution < -0.4 is 5.32 Å². The predicted octanol–water partition coefficient (Wildman–Crippen LogP) is 0.914. The van der Waals surface area contributed by atoms with Crippen LogP contribution in [-0.4, -0.2) is 10.9 Å². The standard InChI is InChI=1S/C9H10N2O/c1-5-2-3-6-7(4-5)8(10)11-9(6)12/h2-4,9,12H,1H3,(H2,10,11). The average molecular weight is 162 g/mol. The first-order valence-electron chi connectivity index (χ1n) is 3.82. The minimum Gasteiger partial charge on any atom is -0.369 e. The molecule has 1 aromatic rings. The van der Waals surface area contributed by atoms with Crippen LogP contribution in [0.1, 0.15) is 22.9 Å². The lowest BCUT2D eigenvalue weighted by Gasteiger charge is -2.01. The average Bonchev–Trinajstić information content (AvgIpc) is 2.28. The van der Waals surface area contributed by atoms with Crippen LogP contribution in [0.15, 0.2) is 18.2 Å². The topological polar surface area (TPSA) is 56.1 Å². The Morgan fingerprint density at radius 3 is 3.00 bits per heavy atom. The van der Waals surface area contributed by atoms with Crippen LogP contribution in [0.25, 0.3) is 0 Å². The molecule has 3 heteroatoms. The maximum absolute atomic E-state index is 9.39. The zero-order chi connectivity index (χ0) is 8.72. The number of aliphatic hydroxyl groups excluding tert-OH is 1. The molecular weight excluding hydrogens is 152 g/mol. The van der Waals surface area contributed by atoms with Gasteiger partial charge in [0.25, 0.3) is 0 Å². The van der Waals surface area contributed by atoms with Crippen molar-refractivity contribution in [1.29, 1.82) is 5.41 Å². The molecule has 0 aromatic heterocycles. The summed E-state index contributed by atoms with van der Waals surface area (Å²) in [6.45, 7) is 1.97. The van der Waals surface area contributed by atoms with Crippen LogP contribution in [0.4, 0.5) is 0 Å². The third kappa shape index (κ3) is 0.905. The molecule has 12 heavy (non-hydrogen) atoms. The molecule has 0 spiro atoms. The summed E-state index contributed by atoms with van der Waals surface area (Å²) in [6.07, 6.45) is -0.701. The minimum atomic E-state index is -0.701. The van der Waals surface area contributed by atoms with E-state index in [-0.39, 0.29) is 0 Å². The molecule has 0 bridgehead atoms. The molecule has 1 atom stereocenters. The summed E-state index contributed by atoms with van der Waals surface area (Å²) in [4.78, 5) is 0. The van der Waals surface area contributed by atoms with Gasteiger partial charge in [-0.05, 0) is 13.0 Å². The monoisotopic (exact) mass is 162 g/mol. The second kappa shape index (κ2) is 2.32. The number of amidine groups is 1. The van der Waals surface area contributed by atoms with Gasteiger partial charge in [0.2, 0.25) is 0 Å². The third-order valence-electron chi connectivity index (χ3n) is 2.05. The number of nitrogens with one attached hydrogen (secondary N) is 2. The molecule has 1 heterocycles. The van der Waals surface area contributed by atoms with Crippen molar-refractivity contribution < 1.29 is 5.11 Å². The molecule has 1 unspecified atom stereocenters. The first kappa shape index (κ1) is 7.31. The number of aryl methyl sites for hydroxylation is 1. The highest BCUT2D eigenvalue weighted by molar-refractivity contribution is 6.00. The largest absolute Gasteiger partial charge is 0.369 e. The van der Waals surface area contributed by atoms with E-state index in [1.807, 2.05) is 25.1 Å². The molecule has 0 radical (unpaired) electrons. The highest BCUT2D eigenvalue weighted by Crippen LogP contribution is 2.23. The molecule has 1 aliphatic heterocycles. The van der Waals surface area contributed by atoms with Gasteiger partial charge in [0.1, 0.15) is 5.84 Å². The van der Waals surface area contributed by atoms with Crippen molar-refractivity contribution in [2.45, 2.75) is 13.2 Å². The van der Waals surface area contributed by atoms with Crippen LogP contribution in [0.5, 0.6) is 0 Å². The molecule has 0 amide bonds. The van der Waals surface area contributed by atoms with E-state index in [1.54, 1.807) is 0 Å². The van der Waals surface area contributed by atoms with Gasteiger partial charge in [0.05, 0.1) is 0 Å². The second-order valence-electron chi connectivity index (χ2n) is 3.01. The van der Waals surface area contributed by atoms with Crippen molar-refractivity contribution in [3.05, 3.63) is 34.9 Å². The number of benzene rings is 1. The van der Waals surface area contributed by atoms with Gasteiger partial charge in [0, 0.05) is 11.1 Å². The van der Waals surface area contributed by atoms with Crippen molar-refractivity contribution in [2.75, 3.05) is 0 Å². The van der Waals surface area contributed by atoms with Crippen LogP contribution in [-0.2, 0) is 0 Å². The molecule has 3 N–H and O–H groups in total. The van der Waals surface area contributed by atoms with Gasteiger partial charge < -0.3 is 10.4 Å². The maximum Gasteiger partial charge on any atom is 0.152 e. The summed E-state index contributed by atoms with van der Waals surface area (Å²) in [6, 6.07) is 5.69. The van der Waals surface area contributed by atoms with Crippen molar-refractivity contribution in [3.8, 4) is 0 Å². The van der Waals surface area contributed by atoms with E-state index in [4.69, 9.17) is 5.41 Å². The molecule has 1 aromatic carbocycles. The van der Waals surface area contributed by atoms with Crippen molar-refractivity contribution in [1.82, 2.24) is 5.32 Å². The Kier molecular flexibility index (Phi) is 1.41. The molecule has 2 rings (SSSR count). The summed E-state index contributed by atoms with van der Waals surface area (Å²) in [5, 5.41) is 19.5. The Balaban J connectivity index is 2.60. The Morgan fingerprint density at radius 2 is 2.25 bits per heavy atom. The quantitative estimate of drug-likeness (QED) is 0.531. The van der Waals surface area contributed by atoms with Gasteiger partial charge in [-0.25, -0.2) is 0 Å². The molecule has 1 aliphatic rings. The highest BCUT2D eigenvalue weighted by atomic mass is 16.3. The van der Waals surface area contributed by atoms with E-state index in [0.717, 1.165) is 16.7 Å². The second-order valence-corrected chi connectivity index (χ2v) is 3.01. The van der Waals surface area contributed by atoms with Gasteiger partial charge in [0.15, 0.2) is 6.23 Å². The van der Waals surface area contributed by atoms with Crippen LogP contribution in [0.3, 0.4) is 0 Å². The van der Waals surface area contributed by atoms with Crippen molar-refractivity contribution >= 4 is 5.84 Å². The van der Waals surface area contributed by atoms with E-state index >= 15 is 0 Å². The zero-order valence-corrected chi connectivity index (χ0v) is 6.76. The third-order valence-corrected chi connectivity index (χ3v) is 2.05. The van der Waals surface area contributed by atoms with Crippen LogP contribution >= 0.6 is 0 Å². The van der Waals surface area contributed by atoms with Crippen LogP contribution in [0, 0.1) is 12.3 Å². The van der Waals surface area contributed by atoms with Crippen molar-refractivity contribution in [3.63, 3.8) is 0 Å². The Labute approximate surface area is 70.5 Å². The predicted molar refractivity (Wildman–Crippen MR) is 46.1 cm³/mol. The van der Waals surface area contributed by atoms with Gasteiger partial charge in [-0.15, -0.1) is 0 Å². The lowest BCUT2D eigenvalue weighted by atomic mass is 10.1. The summed E-state index contributed by atoms with van der Waals surface area (Å²) in [7, 11) is 0. The fraction of sp³-hybridized carbons (Fsp3) is 0.222. The normalized spacial score (nSPS) is 20.5. The Hall–Kier alpha value is -1.35. The van der Waals surface area contributed by atoms with E-state index in [9.17, 15) is 5.11 Å². The maximum atomic E-state index is 9.39. The lowest BCUT2D eigenvalue weighted by molar-refractivity contribution is 0.169. The number of aliphatic hydroxyl groups is 1. The minimum absolute atomic E-state index is 0.307. The number of hydrogen-bond acceptors (Lipinski definition) is 2. The molecule has 0 saturated heterocycles. The first-order chi connectivity index (χ1) is 5.68. The molecular formula is C9H10N2O. The first-order valence-corrected chi connectivity index (χ1v) is 3.82. The Bertz CT molecular complexity index is 346. The number of hydrogen-bond donors (Lipinski definition) is 3.